The lowest BCUT2D eigenvalue weighted by Gasteiger charge is -1.86. The predicted octanol–water partition coefficient (Wildman–Crippen LogP) is 0.621. The summed E-state index contributed by atoms with van der Waals surface area (Å²) in [5.74, 6) is 0.634. The molecule has 0 aliphatic heterocycles. The van der Waals surface area contributed by atoms with Gasteiger partial charge in [0.25, 0.3) is 0 Å². The fourth-order valence-corrected chi connectivity index (χ4v) is 0.329. The van der Waals surface area contributed by atoms with Crippen molar-refractivity contribution in [1.82, 2.24) is 5.43 Å². The van der Waals surface area contributed by atoms with E-state index in [9.17, 15) is 0 Å². The van der Waals surface area contributed by atoms with E-state index in [1.807, 2.05) is 0 Å². The Balaban J connectivity index is 3.61. The predicted molar refractivity (Wildman–Crippen MR) is 32.9 cm³/mol. The summed E-state index contributed by atoms with van der Waals surface area (Å²) in [6, 6.07) is 0. The summed E-state index contributed by atoms with van der Waals surface area (Å²) in [4.78, 5) is 0. The molecule has 0 saturated heterocycles. The van der Waals surface area contributed by atoms with Crippen LogP contribution in [0.15, 0.2) is 15.3 Å². The molecule has 0 radical (unpaired) electrons. The fraction of sp³-hybridized carbons (Fsp3) is 0.750. The monoisotopic (exact) mass is 114 g/mol. The largest absolute Gasteiger partial charge is 0.311 e. The molecule has 0 aliphatic rings. The number of nitrogens with zero attached hydrogens (tertiary/aromatic N) is 3. The molecule has 46 valence electrons. The van der Waals surface area contributed by atoms with Crippen LogP contribution in [-0.4, -0.2) is 19.9 Å². The van der Waals surface area contributed by atoms with Gasteiger partial charge in [-0.15, -0.1) is 5.11 Å². The van der Waals surface area contributed by atoms with Crippen LogP contribution < -0.4 is 5.43 Å². The standard InChI is InChI=1S/C4H10N4/c1-4(7-5-2)8-6-3/h5H,1-3H3/b7-4-,8-6?. The Labute approximate surface area is 48.7 Å². The van der Waals surface area contributed by atoms with Gasteiger partial charge in [-0.25, -0.2) is 0 Å². The van der Waals surface area contributed by atoms with Crippen LogP contribution >= 0.6 is 0 Å². The Hall–Kier alpha value is -0.930. The van der Waals surface area contributed by atoms with Crippen LogP contribution in [-0.2, 0) is 0 Å². The molecule has 0 saturated carbocycles. The summed E-state index contributed by atoms with van der Waals surface area (Å²) in [5, 5.41) is 10.9. The van der Waals surface area contributed by atoms with Crippen molar-refractivity contribution >= 4 is 5.84 Å². The lowest BCUT2D eigenvalue weighted by Crippen LogP contribution is -1.97. The first kappa shape index (κ1) is 7.07. The summed E-state index contributed by atoms with van der Waals surface area (Å²) in [6.07, 6.45) is 0. The van der Waals surface area contributed by atoms with Crippen LogP contribution in [0, 0.1) is 0 Å². The maximum absolute atomic E-state index is 3.72. The summed E-state index contributed by atoms with van der Waals surface area (Å²) in [7, 11) is 3.32. The van der Waals surface area contributed by atoms with Gasteiger partial charge in [0.1, 0.15) is 0 Å². The van der Waals surface area contributed by atoms with Crippen molar-refractivity contribution in [2.24, 2.45) is 15.3 Å². The van der Waals surface area contributed by atoms with Gasteiger partial charge in [-0.3, -0.25) is 0 Å². The van der Waals surface area contributed by atoms with E-state index in [1.54, 1.807) is 21.0 Å². The van der Waals surface area contributed by atoms with Gasteiger partial charge in [0, 0.05) is 14.1 Å². The smallest absolute Gasteiger partial charge is 0.167 e. The molecule has 0 spiro atoms. The van der Waals surface area contributed by atoms with Crippen LogP contribution in [0.1, 0.15) is 6.92 Å². The lowest BCUT2D eigenvalue weighted by molar-refractivity contribution is 0.891. The van der Waals surface area contributed by atoms with Crippen molar-refractivity contribution in [3.05, 3.63) is 0 Å². The van der Waals surface area contributed by atoms with Gasteiger partial charge in [-0.05, 0) is 6.92 Å². The Bertz CT molecular complexity index is 105. The molecule has 0 rings (SSSR count). The highest BCUT2D eigenvalue weighted by molar-refractivity contribution is 5.79. The summed E-state index contributed by atoms with van der Waals surface area (Å²) in [5.41, 5.74) is 2.59. The third-order valence-electron chi connectivity index (χ3n) is 0.518. The quantitative estimate of drug-likeness (QED) is 0.231. The Morgan fingerprint density at radius 3 is 2.50 bits per heavy atom. The minimum Gasteiger partial charge on any atom is -0.311 e. The first-order chi connectivity index (χ1) is 3.81. The molecule has 0 heterocycles. The minimum atomic E-state index is 0.634. The average molecular weight is 114 g/mol. The normalized spacial score (nSPS) is 12.6. The van der Waals surface area contributed by atoms with Crippen molar-refractivity contribution in [3.8, 4) is 0 Å². The molecule has 4 heteroatoms. The van der Waals surface area contributed by atoms with E-state index in [0.717, 1.165) is 0 Å². The maximum Gasteiger partial charge on any atom is 0.167 e. The zero-order valence-corrected chi connectivity index (χ0v) is 5.34. The van der Waals surface area contributed by atoms with Crippen LogP contribution in [0.3, 0.4) is 0 Å². The molecule has 1 N–H and O–H groups in total. The van der Waals surface area contributed by atoms with Gasteiger partial charge in [-0.2, -0.15) is 10.2 Å². The molecule has 0 fully saturated rings. The van der Waals surface area contributed by atoms with E-state index in [1.165, 1.54) is 0 Å². The summed E-state index contributed by atoms with van der Waals surface area (Å²) >= 11 is 0. The second kappa shape index (κ2) is 4.23. The second-order valence-electron chi connectivity index (χ2n) is 1.18. The minimum absolute atomic E-state index is 0.634. The zero-order chi connectivity index (χ0) is 6.41. The average Bonchev–Trinajstić information content (AvgIpc) is 1.68. The highest BCUT2D eigenvalue weighted by Gasteiger charge is 1.77. The lowest BCUT2D eigenvalue weighted by atomic mass is 10.7. The number of hydrazone groups is 1. The Morgan fingerprint density at radius 2 is 2.12 bits per heavy atom. The third kappa shape index (κ3) is 3.27. The van der Waals surface area contributed by atoms with Crippen molar-refractivity contribution < 1.29 is 0 Å². The van der Waals surface area contributed by atoms with E-state index >= 15 is 0 Å². The first-order valence-electron chi connectivity index (χ1n) is 2.32. The zero-order valence-electron chi connectivity index (χ0n) is 5.34. The van der Waals surface area contributed by atoms with Gasteiger partial charge < -0.3 is 5.43 Å². The topological polar surface area (TPSA) is 49.1 Å². The molecule has 0 atom stereocenters. The van der Waals surface area contributed by atoms with Crippen molar-refractivity contribution in [2.45, 2.75) is 6.92 Å². The fourth-order valence-electron chi connectivity index (χ4n) is 0.329. The Kier molecular flexibility index (Phi) is 3.74. The molecular formula is C4H10N4. The molecule has 4 nitrogen and oxygen atoms in total. The van der Waals surface area contributed by atoms with Crippen LogP contribution in [0.4, 0.5) is 0 Å². The molecule has 0 bridgehead atoms. The van der Waals surface area contributed by atoms with E-state index in [2.05, 4.69) is 20.8 Å². The van der Waals surface area contributed by atoms with E-state index in [4.69, 9.17) is 0 Å². The number of azo groups is 1. The van der Waals surface area contributed by atoms with Gasteiger partial charge in [-0.1, -0.05) is 0 Å². The molecule has 8 heavy (non-hydrogen) atoms. The van der Waals surface area contributed by atoms with Crippen molar-refractivity contribution in [3.63, 3.8) is 0 Å². The molecule has 0 aliphatic carbocycles. The molecular weight excluding hydrogens is 104 g/mol. The molecule has 0 aromatic rings. The highest BCUT2D eigenvalue weighted by Crippen LogP contribution is 1.75. The van der Waals surface area contributed by atoms with Gasteiger partial charge in [0.05, 0.1) is 0 Å². The second-order valence-corrected chi connectivity index (χ2v) is 1.18. The van der Waals surface area contributed by atoms with Crippen molar-refractivity contribution in [1.29, 1.82) is 0 Å². The van der Waals surface area contributed by atoms with Crippen LogP contribution in [0.5, 0.6) is 0 Å². The number of amidine groups is 1. The van der Waals surface area contributed by atoms with Crippen LogP contribution in [0.25, 0.3) is 0 Å². The van der Waals surface area contributed by atoms with E-state index < -0.39 is 0 Å². The first-order valence-corrected chi connectivity index (χ1v) is 2.32. The Morgan fingerprint density at radius 1 is 1.50 bits per heavy atom. The summed E-state index contributed by atoms with van der Waals surface area (Å²) < 4.78 is 0. The highest BCUT2D eigenvalue weighted by atomic mass is 15.3. The molecule has 0 amide bonds. The van der Waals surface area contributed by atoms with E-state index in [0.29, 0.717) is 5.84 Å². The van der Waals surface area contributed by atoms with E-state index in [-0.39, 0.29) is 0 Å². The molecule has 0 aromatic heterocycles. The van der Waals surface area contributed by atoms with Crippen molar-refractivity contribution in [2.75, 3.05) is 14.1 Å². The number of nitrogens with one attached hydrogen (secondary N) is 1. The molecule has 0 aromatic carbocycles. The number of hydrogen-bond donors (Lipinski definition) is 1. The van der Waals surface area contributed by atoms with Crippen LogP contribution in [0.2, 0.25) is 0 Å². The van der Waals surface area contributed by atoms with Gasteiger partial charge in [0.15, 0.2) is 5.84 Å². The third-order valence-corrected chi connectivity index (χ3v) is 0.518. The molecule has 0 unspecified atom stereocenters. The van der Waals surface area contributed by atoms with Gasteiger partial charge >= 0.3 is 0 Å². The van der Waals surface area contributed by atoms with Gasteiger partial charge in [0.2, 0.25) is 0 Å². The maximum atomic E-state index is 3.72. The SMILES string of the molecule is CN=N/C(C)=N\NC. The summed E-state index contributed by atoms with van der Waals surface area (Å²) in [6.45, 7) is 1.77. The number of hydrogen-bond acceptors (Lipinski definition) is 3. The number of rotatable bonds is 1.